The van der Waals surface area contributed by atoms with Gasteiger partial charge in [0.05, 0.1) is 0 Å². The van der Waals surface area contributed by atoms with Crippen LogP contribution in [0.2, 0.25) is 0 Å². The van der Waals surface area contributed by atoms with Crippen LogP contribution in [0.4, 0.5) is 0 Å². The summed E-state index contributed by atoms with van der Waals surface area (Å²) in [4.78, 5) is 4.17. The Morgan fingerprint density at radius 3 is 2.54 bits per heavy atom. The van der Waals surface area contributed by atoms with Crippen LogP contribution in [0.1, 0.15) is 31.5 Å². The summed E-state index contributed by atoms with van der Waals surface area (Å²) in [7, 11) is 0. The van der Waals surface area contributed by atoms with Crippen molar-refractivity contribution in [2.45, 2.75) is 32.7 Å². The first-order valence-corrected chi connectivity index (χ1v) is 4.68. The van der Waals surface area contributed by atoms with Gasteiger partial charge in [-0.2, -0.15) is 0 Å². The van der Waals surface area contributed by atoms with Gasteiger partial charge in [-0.3, -0.25) is 4.98 Å². The molecule has 1 aromatic heterocycles. The fourth-order valence-corrected chi connectivity index (χ4v) is 1.97. The lowest BCUT2D eigenvalue weighted by Gasteiger charge is -2.15. The molecule has 1 heterocycles. The SMILES string of the molecule is Cc1cc(C2(N)CC2(C)C)ccn1. The van der Waals surface area contributed by atoms with Gasteiger partial charge in [-0.1, -0.05) is 13.8 Å². The van der Waals surface area contributed by atoms with Crippen LogP contribution in [-0.4, -0.2) is 4.98 Å². The van der Waals surface area contributed by atoms with Crippen molar-refractivity contribution in [3.05, 3.63) is 29.6 Å². The van der Waals surface area contributed by atoms with E-state index in [2.05, 4.69) is 24.9 Å². The largest absolute Gasteiger partial charge is 0.321 e. The zero-order chi connectivity index (χ0) is 9.69. The molecule has 1 unspecified atom stereocenters. The monoisotopic (exact) mass is 176 g/mol. The van der Waals surface area contributed by atoms with Gasteiger partial charge in [0.1, 0.15) is 0 Å². The molecule has 2 N–H and O–H groups in total. The van der Waals surface area contributed by atoms with Gasteiger partial charge in [0, 0.05) is 17.4 Å². The van der Waals surface area contributed by atoms with E-state index in [1.807, 2.05) is 19.2 Å². The fraction of sp³-hybridized carbons (Fsp3) is 0.545. The molecule has 0 amide bonds. The van der Waals surface area contributed by atoms with Crippen molar-refractivity contribution >= 4 is 0 Å². The molecule has 1 fully saturated rings. The van der Waals surface area contributed by atoms with Crippen LogP contribution in [0, 0.1) is 12.3 Å². The highest BCUT2D eigenvalue weighted by molar-refractivity contribution is 5.34. The number of rotatable bonds is 1. The molecule has 0 radical (unpaired) electrons. The van der Waals surface area contributed by atoms with E-state index >= 15 is 0 Å². The number of hydrogen-bond acceptors (Lipinski definition) is 2. The van der Waals surface area contributed by atoms with Crippen molar-refractivity contribution < 1.29 is 0 Å². The maximum Gasteiger partial charge on any atom is 0.0469 e. The Kier molecular flexibility index (Phi) is 1.55. The third-order valence-corrected chi connectivity index (χ3v) is 3.22. The van der Waals surface area contributed by atoms with Gasteiger partial charge in [0.15, 0.2) is 0 Å². The predicted octanol–water partition coefficient (Wildman–Crippen LogP) is 1.97. The predicted molar refractivity (Wildman–Crippen MR) is 53.2 cm³/mol. The summed E-state index contributed by atoms with van der Waals surface area (Å²) < 4.78 is 0. The van der Waals surface area contributed by atoms with Gasteiger partial charge in [-0.15, -0.1) is 0 Å². The Balaban J connectivity index is 2.38. The maximum atomic E-state index is 6.29. The number of hydrogen-bond donors (Lipinski definition) is 1. The summed E-state index contributed by atoms with van der Waals surface area (Å²) in [5.41, 5.74) is 8.70. The molecule has 0 bridgehead atoms. The van der Waals surface area contributed by atoms with Crippen molar-refractivity contribution in [3.8, 4) is 0 Å². The molecule has 1 aliphatic rings. The van der Waals surface area contributed by atoms with Gasteiger partial charge in [0.2, 0.25) is 0 Å². The highest BCUT2D eigenvalue weighted by Crippen LogP contribution is 2.60. The lowest BCUT2D eigenvalue weighted by Crippen LogP contribution is -2.25. The average Bonchev–Trinajstić information content (AvgIpc) is 2.53. The second-order valence-electron chi connectivity index (χ2n) is 4.72. The number of pyridine rings is 1. The zero-order valence-electron chi connectivity index (χ0n) is 8.46. The van der Waals surface area contributed by atoms with Crippen LogP contribution in [0.3, 0.4) is 0 Å². The molecule has 2 rings (SSSR count). The molecule has 1 aliphatic carbocycles. The van der Waals surface area contributed by atoms with Gasteiger partial charge in [0.25, 0.3) is 0 Å². The second kappa shape index (κ2) is 2.32. The van der Waals surface area contributed by atoms with E-state index < -0.39 is 0 Å². The van der Waals surface area contributed by atoms with Gasteiger partial charge < -0.3 is 5.73 Å². The Bertz CT molecular complexity index is 344. The third kappa shape index (κ3) is 1.17. The number of nitrogens with zero attached hydrogens (tertiary/aromatic N) is 1. The van der Waals surface area contributed by atoms with E-state index in [1.165, 1.54) is 5.56 Å². The van der Waals surface area contributed by atoms with Crippen molar-refractivity contribution in [1.29, 1.82) is 0 Å². The average molecular weight is 176 g/mol. The quantitative estimate of drug-likeness (QED) is 0.710. The highest BCUT2D eigenvalue weighted by atomic mass is 14.9. The Morgan fingerprint density at radius 1 is 1.46 bits per heavy atom. The standard InChI is InChI=1S/C11H16N2/c1-8-6-9(4-5-13-8)11(12)7-10(11,2)3/h4-6H,7,12H2,1-3H3. The Morgan fingerprint density at radius 2 is 2.08 bits per heavy atom. The van der Waals surface area contributed by atoms with Crippen LogP contribution in [0.25, 0.3) is 0 Å². The molecule has 70 valence electrons. The van der Waals surface area contributed by atoms with Crippen LogP contribution >= 0.6 is 0 Å². The van der Waals surface area contributed by atoms with Crippen molar-refractivity contribution in [1.82, 2.24) is 4.98 Å². The summed E-state index contributed by atoms with van der Waals surface area (Å²) in [6, 6.07) is 4.12. The third-order valence-electron chi connectivity index (χ3n) is 3.22. The van der Waals surface area contributed by atoms with E-state index in [4.69, 9.17) is 5.73 Å². The first-order valence-electron chi connectivity index (χ1n) is 4.68. The van der Waals surface area contributed by atoms with Crippen molar-refractivity contribution in [3.63, 3.8) is 0 Å². The van der Waals surface area contributed by atoms with E-state index in [9.17, 15) is 0 Å². The number of aromatic nitrogens is 1. The molecule has 0 aliphatic heterocycles. The lowest BCUT2D eigenvalue weighted by molar-refractivity contribution is 0.509. The highest BCUT2D eigenvalue weighted by Gasteiger charge is 2.59. The molecule has 1 atom stereocenters. The van der Waals surface area contributed by atoms with Crippen molar-refractivity contribution in [2.75, 3.05) is 0 Å². The van der Waals surface area contributed by atoms with E-state index in [-0.39, 0.29) is 11.0 Å². The minimum atomic E-state index is -0.110. The Labute approximate surface area is 79.2 Å². The molecule has 1 saturated carbocycles. The molecule has 0 aromatic carbocycles. The summed E-state index contributed by atoms with van der Waals surface area (Å²) in [6.45, 7) is 6.42. The maximum absolute atomic E-state index is 6.29. The molecule has 0 spiro atoms. The van der Waals surface area contributed by atoms with E-state index in [0.29, 0.717) is 0 Å². The smallest absolute Gasteiger partial charge is 0.0469 e. The minimum Gasteiger partial charge on any atom is -0.321 e. The molecule has 13 heavy (non-hydrogen) atoms. The molecule has 1 aromatic rings. The van der Waals surface area contributed by atoms with Crippen LogP contribution in [0.5, 0.6) is 0 Å². The number of aryl methyl sites for hydroxylation is 1. The molecule has 2 nitrogen and oxygen atoms in total. The minimum absolute atomic E-state index is 0.110. The number of nitrogens with two attached hydrogens (primary N) is 1. The molecule has 2 heteroatoms. The zero-order valence-corrected chi connectivity index (χ0v) is 8.46. The van der Waals surface area contributed by atoms with Gasteiger partial charge >= 0.3 is 0 Å². The fourth-order valence-electron chi connectivity index (χ4n) is 1.97. The van der Waals surface area contributed by atoms with Crippen LogP contribution in [0.15, 0.2) is 18.3 Å². The summed E-state index contributed by atoms with van der Waals surface area (Å²) in [5, 5.41) is 0. The Hall–Kier alpha value is -0.890. The summed E-state index contributed by atoms with van der Waals surface area (Å²) in [6.07, 6.45) is 2.91. The van der Waals surface area contributed by atoms with Gasteiger partial charge in [-0.05, 0) is 36.5 Å². The first-order chi connectivity index (χ1) is 5.96. The first kappa shape index (κ1) is 8.70. The topological polar surface area (TPSA) is 38.9 Å². The molecular weight excluding hydrogens is 160 g/mol. The summed E-state index contributed by atoms with van der Waals surface area (Å²) in [5.74, 6) is 0. The van der Waals surface area contributed by atoms with Crippen molar-refractivity contribution in [2.24, 2.45) is 11.1 Å². The normalized spacial score (nSPS) is 30.2. The van der Waals surface area contributed by atoms with E-state index in [0.717, 1.165) is 12.1 Å². The lowest BCUT2D eigenvalue weighted by atomic mass is 9.97. The summed E-state index contributed by atoms with van der Waals surface area (Å²) >= 11 is 0. The molecular formula is C11H16N2. The van der Waals surface area contributed by atoms with Crippen LogP contribution in [-0.2, 0) is 5.54 Å². The molecule has 0 saturated heterocycles. The van der Waals surface area contributed by atoms with Crippen LogP contribution < -0.4 is 5.73 Å². The second-order valence-corrected chi connectivity index (χ2v) is 4.72. The van der Waals surface area contributed by atoms with Gasteiger partial charge in [-0.25, -0.2) is 0 Å². The van der Waals surface area contributed by atoms with E-state index in [1.54, 1.807) is 0 Å².